The van der Waals surface area contributed by atoms with Gasteiger partial charge in [-0.15, -0.1) is 0 Å². The maximum atomic E-state index is 12.2. The number of rotatable bonds is 6. The number of hydrogen-bond acceptors (Lipinski definition) is 5. The number of likely N-dealkylation sites (N-methyl/N-ethyl adjacent to an activating group) is 1. The number of nitrogens with zero attached hydrogens (tertiary/aromatic N) is 3. The van der Waals surface area contributed by atoms with Crippen LogP contribution in [0, 0.1) is 0 Å². The lowest BCUT2D eigenvalue weighted by molar-refractivity contribution is -0.125. The minimum Gasteiger partial charge on any atom is -0.497 e. The standard InChI is InChI=1S/C20H19N3O3/c1-23(19(24)12-11-15-7-4-3-5-8-15)14-18-21-20(22-26-18)16-9-6-10-17(13-16)25-2/h3-13H,14H2,1-2H3. The van der Waals surface area contributed by atoms with E-state index in [-0.39, 0.29) is 12.5 Å². The predicted octanol–water partition coefficient (Wildman–Crippen LogP) is 3.42. The molecule has 132 valence electrons. The second-order valence-corrected chi connectivity index (χ2v) is 5.68. The van der Waals surface area contributed by atoms with E-state index in [1.54, 1.807) is 20.2 Å². The number of hydrogen-bond donors (Lipinski definition) is 0. The van der Waals surface area contributed by atoms with Crippen molar-refractivity contribution in [2.24, 2.45) is 0 Å². The van der Waals surface area contributed by atoms with Gasteiger partial charge in [0.2, 0.25) is 17.6 Å². The Morgan fingerprint density at radius 3 is 2.77 bits per heavy atom. The molecular formula is C20H19N3O3. The number of carbonyl (C=O) groups is 1. The average molecular weight is 349 g/mol. The first-order chi connectivity index (χ1) is 12.7. The van der Waals surface area contributed by atoms with Crippen molar-refractivity contribution in [1.82, 2.24) is 15.0 Å². The summed E-state index contributed by atoms with van der Waals surface area (Å²) in [5.41, 5.74) is 1.75. The van der Waals surface area contributed by atoms with Gasteiger partial charge in [0.25, 0.3) is 0 Å². The third-order valence-electron chi connectivity index (χ3n) is 3.76. The molecule has 0 bridgehead atoms. The van der Waals surface area contributed by atoms with Crippen molar-refractivity contribution in [2.75, 3.05) is 14.2 Å². The first-order valence-corrected chi connectivity index (χ1v) is 8.11. The van der Waals surface area contributed by atoms with Crippen LogP contribution >= 0.6 is 0 Å². The Hall–Kier alpha value is -3.41. The molecule has 0 aliphatic carbocycles. The smallest absolute Gasteiger partial charge is 0.246 e. The molecule has 0 spiro atoms. The molecule has 6 heteroatoms. The largest absolute Gasteiger partial charge is 0.497 e. The van der Waals surface area contributed by atoms with Crippen LogP contribution in [0.15, 0.2) is 65.2 Å². The fourth-order valence-electron chi connectivity index (χ4n) is 2.34. The summed E-state index contributed by atoms with van der Waals surface area (Å²) in [4.78, 5) is 18.1. The fraction of sp³-hybridized carbons (Fsp3) is 0.150. The van der Waals surface area contributed by atoms with E-state index in [1.165, 1.54) is 11.0 Å². The summed E-state index contributed by atoms with van der Waals surface area (Å²) in [7, 11) is 3.29. The number of methoxy groups -OCH3 is 1. The monoisotopic (exact) mass is 349 g/mol. The number of ether oxygens (including phenoxy) is 1. The van der Waals surface area contributed by atoms with Crippen LogP contribution in [0.3, 0.4) is 0 Å². The predicted molar refractivity (Wildman–Crippen MR) is 98.2 cm³/mol. The molecule has 3 aromatic rings. The molecule has 3 rings (SSSR count). The van der Waals surface area contributed by atoms with Crippen molar-refractivity contribution in [3.05, 3.63) is 72.1 Å². The molecule has 0 saturated heterocycles. The normalized spacial score (nSPS) is 10.8. The second kappa shape index (κ2) is 8.11. The van der Waals surface area contributed by atoms with E-state index in [2.05, 4.69) is 10.1 Å². The van der Waals surface area contributed by atoms with Crippen LogP contribution < -0.4 is 4.74 Å². The topological polar surface area (TPSA) is 68.5 Å². The molecule has 0 saturated carbocycles. The zero-order valence-corrected chi connectivity index (χ0v) is 14.6. The van der Waals surface area contributed by atoms with Gasteiger partial charge in [-0.25, -0.2) is 0 Å². The Kier molecular flexibility index (Phi) is 5.43. The molecule has 26 heavy (non-hydrogen) atoms. The van der Waals surface area contributed by atoms with Gasteiger partial charge in [-0.05, 0) is 23.8 Å². The van der Waals surface area contributed by atoms with Crippen LogP contribution in [0.4, 0.5) is 0 Å². The number of benzene rings is 2. The van der Waals surface area contributed by atoms with Gasteiger partial charge < -0.3 is 14.2 Å². The highest BCUT2D eigenvalue weighted by molar-refractivity contribution is 5.91. The summed E-state index contributed by atoms with van der Waals surface area (Å²) >= 11 is 0. The Morgan fingerprint density at radius 2 is 2.00 bits per heavy atom. The van der Waals surface area contributed by atoms with Crippen LogP contribution in [0.5, 0.6) is 5.75 Å². The third kappa shape index (κ3) is 4.36. The summed E-state index contributed by atoms with van der Waals surface area (Å²) in [5, 5.41) is 3.97. The highest BCUT2D eigenvalue weighted by Crippen LogP contribution is 2.21. The SMILES string of the molecule is COc1cccc(-c2noc(CN(C)C(=O)C=Cc3ccccc3)n2)c1. The second-order valence-electron chi connectivity index (χ2n) is 5.68. The number of amides is 1. The zero-order valence-electron chi connectivity index (χ0n) is 14.6. The van der Waals surface area contributed by atoms with Crippen molar-refractivity contribution >= 4 is 12.0 Å². The van der Waals surface area contributed by atoms with E-state index in [0.717, 1.165) is 11.1 Å². The van der Waals surface area contributed by atoms with E-state index in [9.17, 15) is 4.79 Å². The molecule has 0 unspecified atom stereocenters. The lowest BCUT2D eigenvalue weighted by Crippen LogP contribution is -2.24. The van der Waals surface area contributed by atoms with Crippen LogP contribution in [0.25, 0.3) is 17.5 Å². The van der Waals surface area contributed by atoms with Gasteiger partial charge in [-0.1, -0.05) is 47.6 Å². The first-order valence-electron chi connectivity index (χ1n) is 8.11. The van der Waals surface area contributed by atoms with Crippen molar-refractivity contribution in [2.45, 2.75) is 6.54 Å². The lowest BCUT2D eigenvalue weighted by Gasteiger charge is -2.11. The Bertz CT molecular complexity index is 903. The zero-order chi connectivity index (χ0) is 18.4. The van der Waals surface area contributed by atoms with Gasteiger partial charge in [0, 0.05) is 18.7 Å². The molecule has 0 N–H and O–H groups in total. The van der Waals surface area contributed by atoms with Crippen LogP contribution in [-0.4, -0.2) is 35.1 Å². The highest BCUT2D eigenvalue weighted by atomic mass is 16.5. The van der Waals surface area contributed by atoms with E-state index >= 15 is 0 Å². The Balaban J connectivity index is 1.64. The van der Waals surface area contributed by atoms with Crippen LogP contribution in [-0.2, 0) is 11.3 Å². The molecule has 0 atom stereocenters. The molecule has 0 aliphatic rings. The van der Waals surface area contributed by atoms with Crippen molar-refractivity contribution in [3.8, 4) is 17.1 Å². The summed E-state index contributed by atoms with van der Waals surface area (Å²) in [6.07, 6.45) is 3.29. The quantitative estimate of drug-likeness (QED) is 0.638. The summed E-state index contributed by atoms with van der Waals surface area (Å²) < 4.78 is 10.5. The van der Waals surface area contributed by atoms with E-state index in [1.807, 2.05) is 54.6 Å². The Labute approximate surface area is 151 Å². The van der Waals surface area contributed by atoms with Crippen molar-refractivity contribution < 1.29 is 14.1 Å². The number of aromatic nitrogens is 2. The maximum absolute atomic E-state index is 12.2. The molecule has 1 aromatic heterocycles. The average Bonchev–Trinajstić information content (AvgIpc) is 3.15. The van der Waals surface area contributed by atoms with Gasteiger partial charge in [0.05, 0.1) is 13.7 Å². The first kappa shape index (κ1) is 17.4. The summed E-state index contributed by atoms with van der Waals surface area (Å²) in [6.45, 7) is 0.231. The Morgan fingerprint density at radius 1 is 1.19 bits per heavy atom. The third-order valence-corrected chi connectivity index (χ3v) is 3.76. The molecule has 6 nitrogen and oxygen atoms in total. The molecule has 1 heterocycles. The molecule has 0 radical (unpaired) electrons. The molecular weight excluding hydrogens is 330 g/mol. The van der Waals surface area contributed by atoms with Crippen LogP contribution in [0.2, 0.25) is 0 Å². The van der Waals surface area contributed by atoms with E-state index < -0.39 is 0 Å². The van der Waals surface area contributed by atoms with Crippen LogP contribution in [0.1, 0.15) is 11.5 Å². The van der Waals surface area contributed by atoms with Gasteiger partial charge in [-0.3, -0.25) is 4.79 Å². The molecule has 0 fully saturated rings. The van der Waals surface area contributed by atoms with Gasteiger partial charge in [-0.2, -0.15) is 4.98 Å². The van der Waals surface area contributed by atoms with E-state index in [0.29, 0.717) is 17.5 Å². The minimum absolute atomic E-state index is 0.144. The van der Waals surface area contributed by atoms with Gasteiger partial charge >= 0.3 is 0 Å². The summed E-state index contributed by atoms with van der Waals surface area (Å²) in [5.74, 6) is 1.40. The lowest BCUT2D eigenvalue weighted by atomic mass is 10.2. The fourth-order valence-corrected chi connectivity index (χ4v) is 2.34. The summed E-state index contributed by atoms with van der Waals surface area (Å²) in [6, 6.07) is 17.0. The van der Waals surface area contributed by atoms with Gasteiger partial charge in [0.1, 0.15) is 5.75 Å². The van der Waals surface area contributed by atoms with Crippen molar-refractivity contribution in [3.63, 3.8) is 0 Å². The van der Waals surface area contributed by atoms with E-state index in [4.69, 9.17) is 9.26 Å². The molecule has 0 aliphatic heterocycles. The molecule has 1 amide bonds. The van der Waals surface area contributed by atoms with Crippen molar-refractivity contribution in [1.29, 1.82) is 0 Å². The highest BCUT2D eigenvalue weighted by Gasteiger charge is 2.13. The van der Waals surface area contributed by atoms with Gasteiger partial charge in [0.15, 0.2) is 0 Å². The molecule has 2 aromatic carbocycles. The maximum Gasteiger partial charge on any atom is 0.246 e. The number of carbonyl (C=O) groups excluding carboxylic acids is 1. The minimum atomic E-state index is -0.144.